The van der Waals surface area contributed by atoms with E-state index in [4.69, 9.17) is 15.2 Å². The van der Waals surface area contributed by atoms with Crippen molar-refractivity contribution < 1.29 is 9.47 Å². The second-order valence-electron chi connectivity index (χ2n) is 5.97. The lowest BCUT2D eigenvalue weighted by Crippen LogP contribution is -2.25. The molecule has 0 spiro atoms. The summed E-state index contributed by atoms with van der Waals surface area (Å²) in [7, 11) is 3.53. The molecule has 0 saturated heterocycles. The minimum atomic E-state index is 0.00119. The lowest BCUT2D eigenvalue weighted by Gasteiger charge is -2.24. The highest BCUT2D eigenvalue weighted by atomic mass is 16.5. The Hall–Kier alpha value is -1.22. The zero-order valence-corrected chi connectivity index (χ0v) is 11.9. The molecule has 1 aromatic carbocycles. The fourth-order valence-corrected chi connectivity index (χ4v) is 3.22. The summed E-state index contributed by atoms with van der Waals surface area (Å²) in [6, 6.07) is 2.15. The van der Waals surface area contributed by atoms with Crippen LogP contribution in [0.25, 0.3) is 0 Å². The predicted octanol–water partition coefficient (Wildman–Crippen LogP) is 2.62. The number of rotatable bonds is 4. The molecule has 0 radical (unpaired) electrons. The van der Waals surface area contributed by atoms with Crippen LogP contribution in [0, 0.1) is 0 Å². The Morgan fingerprint density at radius 1 is 1.11 bits per heavy atom. The number of fused-ring (bicyclic) bond motifs is 1. The maximum atomic E-state index is 6.27. The Morgan fingerprint density at radius 2 is 1.79 bits per heavy atom. The van der Waals surface area contributed by atoms with Crippen molar-refractivity contribution in [3.8, 4) is 11.5 Å². The molecular weight excluding hydrogens is 238 g/mol. The van der Waals surface area contributed by atoms with Gasteiger partial charge in [0.15, 0.2) is 0 Å². The molecule has 3 rings (SSSR count). The molecular formula is C16H23NO2. The molecule has 0 atom stereocenters. The molecule has 3 nitrogen and oxygen atoms in total. The first-order chi connectivity index (χ1) is 9.17. The summed E-state index contributed by atoms with van der Waals surface area (Å²) < 4.78 is 11.3. The topological polar surface area (TPSA) is 44.5 Å². The largest absolute Gasteiger partial charge is 0.496 e. The Balaban J connectivity index is 2.07. The van der Waals surface area contributed by atoms with Crippen molar-refractivity contribution in [2.24, 2.45) is 5.73 Å². The lowest BCUT2D eigenvalue weighted by molar-refractivity contribution is 0.383. The number of hydrogen-bond acceptors (Lipinski definition) is 3. The highest BCUT2D eigenvalue weighted by Gasteiger charge is 2.39. The summed E-state index contributed by atoms with van der Waals surface area (Å²) in [5.74, 6) is 2.09. The smallest absolute Gasteiger partial charge is 0.125 e. The van der Waals surface area contributed by atoms with Gasteiger partial charge in [0.25, 0.3) is 0 Å². The quantitative estimate of drug-likeness (QED) is 0.906. The molecule has 1 saturated carbocycles. The van der Waals surface area contributed by atoms with Gasteiger partial charge in [-0.25, -0.2) is 0 Å². The van der Waals surface area contributed by atoms with Gasteiger partial charge in [-0.1, -0.05) is 0 Å². The maximum Gasteiger partial charge on any atom is 0.125 e. The van der Waals surface area contributed by atoms with E-state index in [1.54, 1.807) is 14.2 Å². The molecule has 3 heteroatoms. The summed E-state index contributed by atoms with van der Waals surface area (Å²) in [5, 5.41) is 0. The highest BCUT2D eigenvalue weighted by molar-refractivity contribution is 5.55. The monoisotopic (exact) mass is 261 g/mol. The third-order valence-electron chi connectivity index (χ3n) is 4.50. The summed E-state index contributed by atoms with van der Waals surface area (Å²) in [5.41, 5.74) is 10.2. The molecule has 0 bridgehead atoms. The molecule has 19 heavy (non-hydrogen) atoms. The molecule has 104 valence electrons. The van der Waals surface area contributed by atoms with Crippen molar-refractivity contribution in [1.82, 2.24) is 0 Å². The number of hydrogen-bond donors (Lipinski definition) is 1. The number of benzene rings is 1. The zero-order chi connectivity index (χ0) is 13.5. The van der Waals surface area contributed by atoms with Gasteiger partial charge in [-0.2, -0.15) is 0 Å². The highest BCUT2D eigenvalue weighted by Crippen LogP contribution is 2.43. The average Bonchev–Trinajstić information content (AvgIpc) is 3.15. The minimum absolute atomic E-state index is 0.00119. The van der Waals surface area contributed by atoms with Crippen LogP contribution >= 0.6 is 0 Å². The zero-order valence-electron chi connectivity index (χ0n) is 11.9. The molecule has 2 aliphatic carbocycles. The van der Waals surface area contributed by atoms with Crippen LogP contribution in [-0.2, 0) is 19.3 Å². The Kier molecular flexibility index (Phi) is 3.17. The van der Waals surface area contributed by atoms with Crippen LogP contribution in [0.3, 0.4) is 0 Å². The van der Waals surface area contributed by atoms with E-state index in [-0.39, 0.29) is 5.54 Å². The summed E-state index contributed by atoms with van der Waals surface area (Å²) in [6.45, 7) is 0. The standard InChI is InChI=1S/C16H23NO2/c1-18-14-9-11(10-16(17)7-8-16)15(19-2)13-6-4-3-5-12(13)14/h9H,3-8,10,17H2,1-2H3. The fraction of sp³-hybridized carbons (Fsp3) is 0.625. The third kappa shape index (κ3) is 2.32. The Bertz CT molecular complexity index is 492. The van der Waals surface area contributed by atoms with Crippen molar-refractivity contribution >= 4 is 0 Å². The minimum Gasteiger partial charge on any atom is -0.496 e. The van der Waals surface area contributed by atoms with Crippen LogP contribution in [0.5, 0.6) is 11.5 Å². The van der Waals surface area contributed by atoms with E-state index in [0.29, 0.717) is 0 Å². The van der Waals surface area contributed by atoms with Gasteiger partial charge in [-0.05, 0) is 56.6 Å². The number of ether oxygens (including phenoxy) is 2. The van der Waals surface area contributed by atoms with E-state index in [1.807, 2.05) is 0 Å². The SMILES string of the molecule is COc1cc(CC2(N)CC2)c(OC)c2c1CCCC2. The molecule has 0 aromatic heterocycles. The van der Waals surface area contributed by atoms with Crippen LogP contribution in [0.15, 0.2) is 6.07 Å². The van der Waals surface area contributed by atoms with Crippen LogP contribution in [0.2, 0.25) is 0 Å². The van der Waals surface area contributed by atoms with Crippen molar-refractivity contribution in [2.75, 3.05) is 14.2 Å². The molecule has 2 N–H and O–H groups in total. The van der Waals surface area contributed by atoms with E-state index in [2.05, 4.69) is 6.07 Å². The van der Waals surface area contributed by atoms with Gasteiger partial charge in [-0.15, -0.1) is 0 Å². The van der Waals surface area contributed by atoms with Gasteiger partial charge in [0.2, 0.25) is 0 Å². The van der Waals surface area contributed by atoms with Gasteiger partial charge < -0.3 is 15.2 Å². The van der Waals surface area contributed by atoms with Crippen molar-refractivity contribution in [3.05, 3.63) is 22.8 Å². The predicted molar refractivity (Wildman–Crippen MR) is 76.0 cm³/mol. The second kappa shape index (κ2) is 4.71. The van der Waals surface area contributed by atoms with Gasteiger partial charge >= 0.3 is 0 Å². The molecule has 2 aliphatic rings. The van der Waals surface area contributed by atoms with Gasteiger partial charge in [0.05, 0.1) is 14.2 Å². The fourth-order valence-electron chi connectivity index (χ4n) is 3.22. The Morgan fingerprint density at radius 3 is 2.37 bits per heavy atom. The average molecular weight is 261 g/mol. The summed E-state index contributed by atoms with van der Waals surface area (Å²) in [6.07, 6.45) is 7.82. The first-order valence-electron chi connectivity index (χ1n) is 7.21. The van der Waals surface area contributed by atoms with Crippen LogP contribution in [0.1, 0.15) is 42.4 Å². The van der Waals surface area contributed by atoms with Crippen LogP contribution < -0.4 is 15.2 Å². The third-order valence-corrected chi connectivity index (χ3v) is 4.50. The van der Waals surface area contributed by atoms with Gasteiger partial charge in [0, 0.05) is 16.7 Å². The van der Waals surface area contributed by atoms with Crippen molar-refractivity contribution in [1.29, 1.82) is 0 Å². The number of nitrogens with two attached hydrogens (primary N) is 1. The molecule has 0 heterocycles. The summed E-state index contributed by atoms with van der Waals surface area (Å²) >= 11 is 0. The van der Waals surface area contributed by atoms with Crippen LogP contribution in [0.4, 0.5) is 0 Å². The number of methoxy groups -OCH3 is 2. The lowest BCUT2D eigenvalue weighted by atomic mass is 9.87. The van der Waals surface area contributed by atoms with Crippen molar-refractivity contribution in [3.63, 3.8) is 0 Å². The van der Waals surface area contributed by atoms with E-state index >= 15 is 0 Å². The first-order valence-corrected chi connectivity index (χ1v) is 7.21. The van der Waals surface area contributed by atoms with Gasteiger partial charge in [-0.3, -0.25) is 0 Å². The molecule has 0 amide bonds. The maximum absolute atomic E-state index is 6.27. The van der Waals surface area contributed by atoms with E-state index < -0.39 is 0 Å². The van der Waals surface area contributed by atoms with Crippen molar-refractivity contribution in [2.45, 2.75) is 50.5 Å². The van der Waals surface area contributed by atoms with E-state index in [0.717, 1.165) is 43.6 Å². The molecule has 1 aromatic rings. The first kappa shape index (κ1) is 12.8. The van der Waals surface area contributed by atoms with Crippen LogP contribution in [-0.4, -0.2) is 19.8 Å². The van der Waals surface area contributed by atoms with E-state index in [9.17, 15) is 0 Å². The normalized spacial score (nSPS) is 19.7. The molecule has 0 aliphatic heterocycles. The van der Waals surface area contributed by atoms with E-state index in [1.165, 1.54) is 29.5 Å². The second-order valence-corrected chi connectivity index (χ2v) is 5.97. The van der Waals surface area contributed by atoms with Gasteiger partial charge in [0.1, 0.15) is 11.5 Å². The molecule has 0 unspecified atom stereocenters. The molecule has 1 fully saturated rings. The summed E-state index contributed by atoms with van der Waals surface area (Å²) in [4.78, 5) is 0. The Labute approximate surface area is 115 Å².